The van der Waals surface area contributed by atoms with Crippen molar-refractivity contribution < 1.29 is 27.1 Å². The number of carbonyl (C=O) groups is 1. The lowest BCUT2D eigenvalue weighted by molar-refractivity contribution is -0.140. The maximum absolute atomic E-state index is 13.9. The number of hydrogen-bond donors (Lipinski definition) is 2. The van der Waals surface area contributed by atoms with Gasteiger partial charge >= 0.3 is 6.18 Å². The van der Waals surface area contributed by atoms with Gasteiger partial charge < -0.3 is 15.0 Å². The highest BCUT2D eigenvalue weighted by atomic mass is 19.4. The summed E-state index contributed by atoms with van der Waals surface area (Å²) in [6, 6.07) is 8.99. The van der Waals surface area contributed by atoms with Crippen LogP contribution in [0.15, 0.2) is 42.6 Å². The molecule has 7 nitrogen and oxygen atoms in total. The third kappa shape index (κ3) is 5.36. The van der Waals surface area contributed by atoms with Crippen LogP contribution in [-0.4, -0.2) is 39.8 Å². The number of aryl methyl sites for hydroxylation is 2. The molecule has 3 aromatic rings. The molecule has 0 bridgehead atoms. The molecule has 0 unspecified atom stereocenters. The molecule has 200 valence electrons. The molecule has 2 aromatic carbocycles. The van der Waals surface area contributed by atoms with Crippen LogP contribution in [0.3, 0.4) is 0 Å². The van der Waals surface area contributed by atoms with E-state index in [0.717, 1.165) is 23.1 Å². The molecule has 1 aromatic heterocycles. The Morgan fingerprint density at radius 1 is 1.24 bits per heavy atom. The molecule has 38 heavy (non-hydrogen) atoms. The van der Waals surface area contributed by atoms with E-state index in [1.807, 2.05) is 0 Å². The van der Waals surface area contributed by atoms with E-state index in [1.54, 1.807) is 36.1 Å². The predicted molar refractivity (Wildman–Crippen MR) is 132 cm³/mol. The molecule has 1 atom stereocenters. The van der Waals surface area contributed by atoms with E-state index in [9.17, 15) is 22.4 Å². The van der Waals surface area contributed by atoms with E-state index >= 15 is 0 Å². The summed E-state index contributed by atoms with van der Waals surface area (Å²) in [6.07, 6.45) is -1.58. The second kappa shape index (κ2) is 9.77. The van der Waals surface area contributed by atoms with Crippen molar-refractivity contribution in [3.63, 3.8) is 0 Å². The fourth-order valence-corrected chi connectivity index (χ4v) is 4.78. The van der Waals surface area contributed by atoms with Crippen LogP contribution >= 0.6 is 0 Å². The molecular formula is C27H27F4N5O2. The van der Waals surface area contributed by atoms with E-state index in [1.165, 1.54) is 25.4 Å². The number of halogens is 4. The molecule has 2 aliphatic rings. The molecule has 1 aliphatic carbocycles. The Kier molecular flexibility index (Phi) is 6.62. The molecule has 5 rings (SSSR count). The number of alkyl halides is 3. The smallest absolute Gasteiger partial charge is 0.435 e. The van der Waals surface area contributed by atoms with Crippen molar-refractivity contribution in [3.8, 4) is 11.1 Å². The van der Waals surface area contributed by atoms with Crippen LogP contribution < -0.4 is 5.32 Å². The highest BCUT2D eigenvalue weighted by Crippen LogP contribution is 2.42. The van der Waals surface area contributed by atoms with Crippen molar-refractivity contribution >= 4 is 11.9 Å². The molecule has 1 aliphatic heterocycles. The number of benzene rings is 2. The van der Waals surface area contributed by atoms with Crippen LogP contribution in [0.4, 0.5) is 17.6 Å². The van der Waals surface area contributed by atoms with Gasteiger partial charge in [-0.05, 0) is 72.2 Å². The first-order chi connectivity index (χ1) is 18.0. The Morgan fingerprint density at radius 3 is 2.63 bits per heavy atom. The minimum absolute atomic E-state index is 0.0285. The van der Waals surface area contributed by atoms with Crippen LogP contribution in [0.25, 0.3) is 11.1 Å². The zero-order chi connectivity index (χ0) is 27.2. The second-order valence-electron chi connectivity index (χ2n) is 9.85. The van der Waals surface area contributed by atoms with Gasteiger partial charge in [0.25, 0.3) is 11.9 Å². The largest absolute Gasteiger partial charge is 0.463 e. The molecule has 0 radical (unpaired) electrons. The SMILES string of the molecule is Cc1cc([C@@H](NC(=O)c2cc(CN3CCOC3=N)cc(-c3cn(C)nc3C(F)(F)F)c2)C2CC2)ccc1F. The normalized spacial score (nSPS) is 16.5. The Morgan fingerprint density at radius 2 is 2.00 bits per heavy atom. The van der Waals surface area contributed by atoms with Crippen LogP contribution in [0.5, 0.6) is 0 Å². The Labute approximate surface area is 216 Å². The molecule has 1 amide bonds. The van der Waals surface area contributed by atoms with Crippen molar-refractivity contribution in [1.29, 1.82) is 5.41 Å². The minimum atomic E-state index is -4.68. The quantitative estimate of drug-likeness (QED) is 0.412. The lowest BCUT2D eigenvalue weighted by Crippen LogP contribution is -2.30. The number of ether oxygens (including phenoxy) is 1. The van der Waals surface area contributed by atoms with Crippen LogP contribution in [0.2, 0.25) is 0 Å². The number of amides is 1. The monoisotopic (exact) mass is 529 g/mol. The van der Waals surface area contributed by atoms with Gasteiger partial charge in [0, 0.05) is 30.9 Å². The first kappa shape index (κ1) is 25.7. The van der Waals surface area contributed by atoms with Crippen LogP contribution in [0.1, 0.15) is 51.6 Å². The molecule has 11 heteroatoms. The Bertz CT molecular complexity index is 1400. The van der Waals surface area contributed by atoms with Crippen molar-refractivity contribution in [1.82, 2.24) is 20.0 Å². The average molecular weight is 530 g/mol. The first-order valence-corrected chi connectivity index (χ1v) is 12.3. The van der Waals surface area contributed by atoms with Gasteiger partial charge in [-0.15, -0.1) is 0 Å². The van der Waals surface area contributed by atoms with Crippen molar-refractivity contribution in [2.75, 3.05) is 13.2 Å². The molecule has 2 heterocycles. The lowest BCUT2D eigenvalue weighted by atomic mass is 9.97. The van der Waals surface area contributed by atoms with E-state index < -0.39 is 17.8 Å². The number of amidine groups is 1. The number of nitrogens with one attached hydrogen (secondary N) is 2. The second-order valence-corrected chi connectivity index (χ2v) is 9.85. The molecular weight excluding hydrogens is 502 g/mol. The number of rotatable bonds is 7. The summed E-state index contributed by atoms with van der Waals surface area (Å²) < 4.78 is 61.5. The van der Waals surface area contributed by atoms with Crippen molar-refractivity contribution in [2.45, 2.75) is 38.5 Å². The summed E-state index contributed by atoms with van der Waals surface area (Å²) in [5.74, 6) is -0.582. The molecule has 1 saturated carbocycles. The standard InChI is InChI=1S/C27H27F4N5O2/c1-15-9-18(5-6-22(15)28)23(17-3-4-17)33-25(37)20-11-16(13-36-7-8-38-26(36)32)10-19(12-20)21-14-35(2)34-24(21)27(29,30)31/h5-6,9-12,14,17,23,32H,3-4,7-8,13H2,1-2H3,(H,33,37)/t23-/m0/s1. The zero-order valence-corrected chi connectivity index (χ0v) is 20.9. The van der Waals surface area contributed by atoms with E-state index in [4.69, 9.17) is 10.1 Å². The zero-order valence-electron chi connectivity index (χ0n) is 20.9. The Hall–Kier alpha value is -3.89. The van der Waals surface area contributed by atoms with Crippen molar-refractivity contribution in [3.05, 3.63) is 76.4 Å². The predicted octanol–water partition coefficient (Wildman–Crippen LogP) is 5.20. The van der Waals surface area contributed by atoms with Crippen LogP contribution in [-0.2, 0) is 24.5 Å². The van der Waals surface area contributed by atoms with E-state index in [-0.39, 0.29) is 47.0 Å². The van der Waals surface area contributed by atoms with Gasteiger partial charge in [0.2, 0.25) is 0 Å². The van der Waals surface area contributed by atoms with Crippen molar-refractivity contribution in [2.24, 2.45) is 13.0 Å². The van der Waals surface area contributed by atoms with Crippen LogP contribution in [0, 0.1) is 24.1 Å². The highest BCUT2D eigenvalue weighted by Gasteiger charge is 2.38. The van der Waals surface area contributed by atoms with Gasteiger partial charge in [-0.1, -0.05) is 12.1 Å². The van der Waals surface area contributed by atoms with Gasteiger partial charge in [0.05, 0.1) is 12.6 Å². The highest BCUT2D eigenvalue weighted by molar-refractivity contribution is 5.96. The number of aromatic nitrogens is 2. The molecule has 2 N–H and O–H groups in total. The van der Waals surface area contributed by atoms with Gasteiger partial charge in [0.1, 0.15) is 12.4 Å². The van der Waals surface area contributed by atoms with E-state index in [0.29, 0.717) is 24.3 Å². The number of carbonyl (C=O) groups excluding carboxylic acids is 1. The number of nitrogens with zero attached hydrogens (tertiary/aromatic N) is 3. The maximum Gasteiger partial charge on any atom is 0.435 e. The molecule has 1 saturated heterocycles. The number of hydrogen-bond acceptors (Lipinski definition) is 4. The maximum atomic E-state index is 13.9. The third-order valence-corrected chi connectivity index (χ3v) is 6.85. The van der Waals surface area contributed by atoms with E-state index in [2.05, 4.69) is 10.4 Å². The van der Waals surface area contributed by atoms with Gasteiger partial charge in [-0.3, -0.25) is 14.9 Å². The summed E-state index contributed by atoms with van der Waals surface area (Å²) in [7, 11) is 1.41. The first-order valence-electron chi connectivity index (χ1n) is 12.3. The summed E-state index contributed by atoms with van der Waals surface area (Å²) >= 11 is 0. The summed E-state index contributed by atoms with van der Waals surface area (Å²) in [4.78, 5) is 15.2. The molecule has 2 fully saturated rings. The average Bonchev–Trinajstić information content (AvgIpc) is 3.50. The third-order valence-electron chi connectivity index (χ3n) is 6.85. The van der Waals surface area contributed by atoms with Gasteiger partial charge in [-0.25, -0.2) is 4.39 Å². The Balaban J connectivity index is 1.52. The summed E-state index contributed by atoms with van der Waals surface area (Å²) in [5.41, 5.74) is 1.00. The van der Waals surface area contributed by atoms with Gasteiger partial charge in [0.15, 0.2) is 5.69 Å². The fourth-order valence-electron chi connectivity index (χ4n) is 4.78. The minimum Gasteiger partial charge on any atom is -0.463 e. The topological polar surface area (TPSA) is 83.2 Å². The summed E-state index contributed by atoms with van der Waals surface area (Å²) in [6.45, 7) is 2.65. The van der Waals surface area contributed by atoms with Gasteiger partial charge in [-0.2, -0.15) is 18.3 Å². The fraction of sp³-hybridized carbons (Fsp3) is 0.370. The summed E-state index contributed by atoms with van der Waals surface area (Å²) in [5, 5.41) is 14.6. The molecule has 0 spiro atoms. The lowest BCUT2D eigenvalue weighted by Gasteiger charge is -2.21.